The number of benzene rings is 1. The first-order chi connectivity index (χ1) is 20.0. The van der Waals surface area contributed by atoms with Crippen LogP contribution in [0, 0.1) is 17.8 Å². The van der Waals surface area contributed by atoms with Crippen LogP contribution in [-0.2, 0) is 20.8 Å². The molecule has 0 spiro atoms. The van der Waals surface area contributed by atoms with Gasteiger partial charge in [-0.1, -0.05) is 32.9 Å². The maximum Gasteiger partial charge on any atom is 0.240 e. The molecule has 11 heteroatoms. The van der Waals surface area contributed by atoms with Crippen LogP contribution in [0.15, 0.2) is 29.2 Å². The first-order valence-electron chi connectivity index (χ1n) is 15.3. The quantitative estimate of drug-likeness (QED) is 0.234. The minimum Gasteiger partial charge on any atom is -0.388 e. The van der Waals surface area contributed by atoms with Gasteiger partial charge in [-0.3, -0.25) is 4.79 Å². The molecule has 0 aromatic heterocycles. The molecule has 0 radical (unpaired) electrons. The van der Waals surface area contributed by atoms with Crippen molar-refractivity contribution in [3.05, 3.63) is 29.8 Å². The SMILES string of the molecule is CSC1OC([C@H](NC(=O)[C@H]2NC[C@@H]3C[C@H](CC(C)C)CCO[C@H]32)[C@H](C)Sc2ccc(CN(C)C)cc2)C(O)C(O)C1O. The van der Waals surface area contributed by atoms with Crippen molar-refractivity contribution in [2.45, 2.75) is 105 Å². The number of hydrogen-bond acceptors (Lipinski definition) is 10. The van der Waals surface area contributed by atoms with Crippen LogP contribution >= 0.6 is 23.5 Å². The lowest BCUT2D eigenvalue weighted by atomic mass is 9.85. The molecule has 3 fully saturated rings. The van der Waals surface area contributed by atoms with E-state index < -0.39 is 41.9 Å². The van der Waals surface area contributed by atoms with Crippen LogP contribution in [0.1, 0.15) is 45.6 Å². The second-order valence-electron chi connectivity index (χ2n) is 12.9. The zero-order chi connectivity index (χ0) is 30.6. The van der Waals surface area contributed by atoms with E-state index in [9.17, 15) is 20.1 Å². The molecule has 4 rings (SSSR count). The number of rotatable bonds is 11. The van der Waals surface area contributed by atoms with Crippen molar-refractivity contribution >= 4 is 29.4 Å². The summed E-state index contributed by atoms with van der Waals surface area (Å²) >= 11 is 2.85. The Labute approximate surface area is 259 Å². The Morgan fingerprint density at radius 3 is 2.48 bits per heavy atom. The number of nitrogens with one attached hydrogen (secondary N) is 2. The van der Waals surface area contributed by atoms with Crippen LogP contribution in [0.25, 0.3) is 0 Å². The molecular formula is C31H51N3O6S2. The van der Waals surface area contributed by atoms with E-state index in [0.717, 1.165) is 37.2 Å². The van der Waals surface area contributed by atoms with Crippen molar-refractivity contribution < 1.29 is 29.6 Å². The Morgan fingerprint density at radius 2 is 1.83 bits per heavy atom. The van der Waals surface area contributed by atoms with Crippen LogP contribution in [0.5, 0.6) is 0 Å². The number of aliphatic hydroxyl groups excluding tert-OH is 3. The lowest BCUT2D eigenvalue weighted by Gasteiger charge is -2.44. The summed E-state index contributed by atoms with van der Waals surface area (Å²) in [6, 6.07) is 7.17. The van der Waals surface area contributed by atoms with Gasteiger partial charge in [0.2, 0.25) is 5.91 Å². The normalized spacial score (nSPS) is 35.1. The van der Waals surface area contributed by atoms with Gasteiger partial charge in [0.05, 0.1) is 12.1 Å². The fraction of sp³-hybridized carbons (Fsp3) is 0.774. The molecule has 9 nitrogen and oxygen atoms in total. The van der Waals surface area contributed by atoms with Gasteiger partial charge in [-0.05, 0) is 75.1 Å². The highest BCUT2D eigenvalue weighted by molar-refractivity contribution is 8.00. The molecule has 42 heavy (non-hydrogen) atoms. The van der Waals surface area contributed by atoms with Gasteiger partial charge in [-0.2, -0.15) is 0 Å². The lowest BCUT2D eigenvalue weighted by molar-refractivity contribution is -0.205. The number of amides is 1. The third-order valence-electron chi connectivity index (χ3n) is 8.70. The minimum atomic E-state index is -1.39. The molecule has 1 aromatic carbocycles. The fourth-order valence-electron chi connectivity index (χ4n) is 6.68. The maximum absolute atomic E-state index is 13.9. The number of aliphatic hydroxyl groups is 3. The summed E-state index contributed by atoms with van der Waals surface area (Å²) in [7, 11) is 4.07. The average molecular weight is 626 g/mol. The van der Waals surface area contributed by atoms with Crippen LogP contribution in [0.3, 0.4) is 0 Å². The number of carbonyl (C=O) groups excluding carboxylic acids is 1. The smallest absolute Gasteiger partial charge is 0.240 e. The fourth-order valence-corrected chi connectivity index (χ4v) is 8.46. The molecule has 3 aliphatic heterocycles. The monoisotopic (exact) mass is 625 g/mol. The van der Waals surface area contributed by atoms with Gasteiger partial charge in [-0.25, -0.2) is 0 Å². The molecule has 0 bridgehead atoms. The first kappa shape index (κ1) is 34.0. The van der Waals surface area contributed by atoms with Crippen LogP contribution in [-0.4, -0.2) is 113 Å². The number of ether oxygens (including phenoxy) is 2. The topological polar surface area (TPSA) is 124 Å². The predicted molar refractivity (Wildman–Crippen MR) is 168 cm³/mol. The molecule has 3 saturated heterocycles. The van der Waals surface area contributed by atoms with Gasteiger partial charge in [0.1, 0.15) is 35.9 Å². The Balaban J connectivity index is 1.52. The Kier molecular flexibility index (Phi) is 12.5. The highest BCUT2D eigenvalue weighted by atomic mass is 32.2. The van der Waals surface area contributed by atoms with Crippen molar-refractivity contribution in [1.29, 1.82) is 0 Å². The molecule has 11 atom stereocenters. The third kappa shape index (κ3) is 8.43. The summed E-state index contributed by atoms with van der Waals surface area (Å²) in [4.78, 5) is 17.1. The van der Waals surface area contributed by atoms with Crippen molar-refractivity contribution in [3.63, 3.8) is 0 Å². The second-order valence-corrected chi connectivity index (χ2v) is 15.3. The van der Waals surface area contributed by atoms with Crippen LogP contribution < -0.4 is 10.6 Å². The van der Waals surface area contributed by atoms with Crippen LogP contribution in [0.4, 0.5) is 0 Å². The van der Waals surface area contributed by atoms with Gasteiger partial charge in [-0.15, -0.1) is 23.5 Å². The summed E-state index contributed by atoms with van der Waals surface area (Å²) < 4.78 is 12.5. The third-order valence-corrected chi connectivity index (χ3v) is 10.8. The van der Waals surface area contributed by atoms with E-state index in [1.165, 1.54) is 17.3 Å². The number of hydrogen-bond donors (Lipinski definition) is 5. The lowest BCUT2D eigenvalue weighted by Crippen LogP contribution is -2.65. The summed E-state index contributed by atoms with van der Waals surface area (Å²) in [5, 5.41) is 38.7. The van der Waals surface area contributed by atoms with E-state index in [2.05, 4.69) is 53.6 Å². The zero-order valence-corrected chi connectivity index (χ0v) is 27.4. The molecular weight excluding hydrogens is 574 g/mol. The van der Waals surface area contributed by atoms with E-state index in [1.54, 1.807) is 18.0 Å². The minimum absolute atomic E-state index is 0.194. The number of fused-ring (bicyclic) bond motifs is 1. The van der Waals surface area contributed by atoms with Crippen LogP contribution in [0.2, 0.25) is 0 Å². The van der Waals surface area contributed by atoms with Crippen molar-refractivity contribution in [2.75, 3.05) is 33.5 Å². The second kappa shape index (κ2) is 15.4. The van der Waals surface area contributed by atoms with Crippen molar-refractivity contribution in [3.8, 4) is 0 Å². The Morgan fingerprint density at radius 1 is 1.12 bits per heavy atom. The molecule has 0 saturated carbocycles. The largest absolute Gasteiger partial charge is 0.388 e. The number of nitrogens with zero attached hydrogens (tertiary/aromatic N) is 1. The van der Waals surface area contributed by atoms with Gasteiger partial charge in [0.15, 0.2) is 0 Å². The van der Waals surface area contributed by atoms with Crippen molar-refractivity contribution in [1.82, 2.24) is 15.5 Å². The van der Waals surface area contributed by atoms with E-state index in [1.807, 2.05) is 21.0 Å². The van der Waals surface area contributed by atoms with Crippen molar-refractivity contribution in [2.24, 2.45) is 17.8 Å². The highest BCUT2D eigenvalue weighted by Crippen LogP contribution is 2.36. The van der Waals surface area contributed by atoms with Gasteiger partial charge in [0.25, 0.3) is 0 Å². The standard InChI is InChI=1S/C31H51N3O6S2/c1-17(2)13-20-11-12-39-28-21(14-20)15-32-24(28)30(38)33-23(29-26(36)25(35)27(37)31(40-29)41-6)18(3)42-22-9-7-19(8-10-22)16-34(4)5/h7-10,17-18,20-21,23-29,31-32,35-37H,11-16H2,1-6H3,(H,33,38)/t18-,20-,21-,23+,24-,25?,26?,27?,28+,29?,31?/m0/s1. The molecule has 1 amide bonds. The predicted octanol–water partition coefficient (Wildman–Crippen LogP) is 2.31. The maximum atomic E-state index is 13.9. The van der Waals surface area contributed by atoms with E-state index in [-0.39, 0.29) is 23.2 Å². The van der Waals surface area contributed by atoms with E-state index >= 15 is 0 Å². The molecule has 1 aromatic rings. The number of carbonyl (C=O) groups is 1. The molecule has 238 valence electrons. The molecule has 3 heterocycles. The summed E-state index contributed by atoms with van der Waals surface area (Å²) in [6.45, 7) is 8.72. The summed E-state index contributed by atoms with van der Waals surface area (Å²) in [5.41, 5.74) is 0.473. The van der Waals surface area contributed by atoms with E-state index in [0.29, 0.717) is 18.4 Å². The molecule has 5 N–H and O–H groups in total. The first-order valence-corrected chi connectivity index (χ1v) is 17.4. The molecule has 5 unspecified atom stereocenters. The number of thioether (sulfide) groups is 2. The molecule has 0 aliphatic carbocycles. The average Bonchev–Trinajstić information content (AvgIpc) is 3.22. The zero-order valence-electron chi connectivity index (χ0n) is 25.8. The molecule has 3 aliphatic rings. The Bertz CT molecular complexity index is 999. The summed E-state index contributed by atoms with van der Waals surface area (Å²) in [5.74, 6) is 1.30. The summed E-state index contributed by atoms with van der Waals surface area (Å²) in [6.07, 6.45) is -0.0983. The highest BCUT2D eigenvalue weighted by Gasteiger charge is 2.50. The van der Waals surface area contributed by atoms with Gasteiger partial charge < -0.3 is 40.3 Å². The van der Waals surface area contributed by atoms with Gasteiger partial charge >= 0.3 is 0 Å². The van der Waals surface area contributed by atoms with E-state index in [4.69, 9.17) is 9.47 Å². The Hall–Kier alpha value is -0.890. The van der Waals surface area contributed by atoms with Gasteiger partial charge in [0, 0.05) is 29.8 Å².